The van der Waals surface area contributed by atoms with E-state index in [0.29, 0.717) is 12.8 Å². The molecule has 5 nitrogen and oxygen atoms in total. The molecular formula is C10H9Cl2NO4. The van der Waals surface area contributed by atoms with Gasteiger partial charge in [-0.05, 0) is 0 Å². The summed E-state index contributed by atoms with van der Waals surface area (Å²) in [5.74, 6) is 0.232. The van der Waals surface area contributed by atoms with Gasteiger partial charge in [0.05, 0.1) is 21.1 Å². The highest BCUT2D eigenvalue weighted by atomic mass is 35.5. The van der Waals surface area contributed by atoms with E-state index in [1.807, 2.05) is 0 Å². The second kappa shape index (κ2) is 4.68. The van der Waals surface area contributed by atoms with Gasteiger partial charge in [-0.25, -0.2) is 0 Å². The summed E-state index contributed by atoms with van der Waals surface area (Å²) in [5.41, 5.74) is -0.180. The molecule has 1 N–H and O–H groups in total. The van der Waals surface area contributed by atoms with Crippen molar-refractivity contribution in [3.05, 3.63) is 32.3 Å². The highest BCUT2D eigenvalue weighted by Crippen LogP contribution is 2.39. The number of hydrogen-bond acceptors (Lipinski definition) is 4. The van der Waals surface area contributed by atoms with Gasteiger partial charge in [0, 0.05) is 25.0 Å². The summed E-state index contributed by atoms with van der Waals surface area (Å²) in [6, 6.07) is 2.38. The molecule has 0 bridgehead atoms. The largest absolute Gasteiger partial charge is 0.487 e. The van der Waals surface area contributed by atoms with Gasteiger partial charge in [0.15, 0.2) is 5.75 Å². The van der Waals surface area contributed by atoms with E-state index < -0.39 is 4.92 Å². The van der Waals surface area contributed by atoms with Crippen molar-refractivity contribution in [3.63, 3.8) is 0 Å². The Hall–Kier alpha value is -1.04. The van der Waals surface area contributed by atoms with E-state index in [4.69, 9.17) is 33.0 Å². The maximum Gasteiger partial charge on any atom is 0.272 e. The summed E-state index contributed by atoms with van der Waals surface area (Å²) in [6.45, 7) is 0. The minimum Gasteiger partial charge on any atom is -0.487 e. The fraction of sp³-hybridized carbons (Fsp3) is 0.400. The van der Waals surface area contributed by atoms with E-state index in [9.17, 15) is 10.1 Å². The molecule has 1 aromatic rings. The second-order valence-corrected chi connectivity index (χ2v) is 4.68. The molecule has 0 saturated heterocycles. The molecule has 0 atom stereocenters. The molecule has 2 rings (SSSR count). The van der Waals surface area contributed by atoms with Gasteiger partial charge in [0.2, 0.25) is 0 Å². The van der Waals surface area contributed by atoms with Crippen LogP contribution in [0.2, 0.25) is 10.0 Å². The van der Waals surface area contributed by atoms with Crippen molar-refractivity contribution in [2.24, 2.45) is 0 Å². The van der Waals surface area contributed by atoms with Crippen molar-refractivity contribution < 1.29 is 14.8 Å². The molecule has 17 heavy (non-hydrogen) atoms. The van der Waals surface area contributed by atoms with Gasteiger partial charge in [0.1, 0.15) is 6.10 Å². The average Bonchev–Trinajstić information content (AvgIpc) is 2.19. The third-order valence-corrected chi connectivity index (χ3v) is 3.11. The molecule has 0 unspecified atom stereocenters. The standard InChI is InChI=1S/C10H9Cl2NO4/c11-8-1-5(13(15)16)2-9(12)10(8)17-7-3-6(14)4-7/h1-2,6-7,14H,3-4H2. The number of aliphatic hydroxyl groups is 1. The highest BCUT2D eigenvalue weighted by Gasteiger charge is 2.30. The molecule has 0 heterocycles. The molecule has 0 aromatic heterocycles. The summed E-state index contributed by atoms with van der Waals surface area (Å²) in [6.07, 6.45) is 0.546. The van der Waals surface area contributed by atoms with E-state index in [1.165, 1.54) is 12.1 Å². The predicted octanol–water partition coefficient (Wildman–Crippen LogP) is 2.80. The molecule has 1 aliphatic carbocycles. The van der Waals surface area contributed by atoms with Crippen molar-refractivity contribution in [1.82, 2.24) is 0 Å². The van der Waals surface area contributed by atoms with Crippen LogP contribution in [0, 0.1) is 10.1 Å². The van der Waals surface area contributed by atoms with Crippen LogP contribution in [0.4, 0.5) is 5.69 Å². The Morgan fingerprint density at radius 3 is 2.29 bits per heavy atom. The van der Waals surface area contributed by atoms with Crippen LogP contribution < -0.4 is 4.74 Å². The molecule has 0 aliphatic heterocycles. The Morgan fingerprint density at radius 2 is 1.88 bits per heavy atom. The van der Waals surface area contributed by atoms with Gasteiger partial charge in [-0.1, -0.05) is 23.2 Å². The lowest BCUT2D eigenvalue weighted by Crippen LogP contribution is -2.37. The normalized spacial score (nSPS) is 23.0. The fourth-order valence-corrected chi connectivity index (χ4v) is 2.13. The lowest BCUT2D eigenvalue weighted by atomic mass is 9.92. The summed E-state index contributed by atoms with van der Waals surface area (Å²) in [4.78, 5) is 9.99. The van der Waals surface area contributed by atoms with E-state index >= 15 is 0 Å². The van der Waals surface area contributed by atoms with Crippen LogP contribution in [0.15, 0.2) is 12.1 Å². The smallest absolute Gasteiger partial charge is 0.272 e. The van der Waals surface area contributed by atoms with Gasteiger partial charge in [-0.2, -0.15) is 0 Å². The van der Waals surface area contributed by atoms with Crippen LogP contribution in [0.25, 0.3) is 0 Å². The monoisotopic (exact) mass is 277 g/mol. The van der Waals surface area contributed by atoms with Gasteiger partial charge in [-0.15, -0.1) is 0 Å². The minimum atomic E-state index is -0.575. The number of halogens is 2. The molecule has 1 saturated carbocycles. The molecule has 92 valence electrons. The van der Waals surface area contributed by atoms with Crippen LogP contribution in [0.1, 0.15) is 12.8 Å². The number of hydrogen-bond donors (Lipinski definition) is 1. The third-order valence-electron chi connectivity index (χ3n) is 2.55. The third kappa shape index (κ3) is 2.62. The SMILES string of the molecule is O=[N+]([O-])c1cc(Cl)c(OC2CC(O)C2)c(Cl)c1. The Morgan fingerprint density at radius 1 is 1.35 bits per heavy atom. The number of nitrogens with zero attached hydrogens (tertiary/aromatic N) is 1. The van der Waals surface area contributed by atoms with E-state index in [0.717, 1.165) is 0 Å². The number of nitro benzene ring substituents is 1. The Labute approximate surface area is 107 Å². The van der Waals surface area contributed by atoms with Crippen molar-refractivity contribution in [1.29, 1.82) is 0 Å². The maximum absolute atomic E-state index is 10.6. The van der Waals surface area contributed by atoms with Gasteiger partial charge >= 0.3 is 0 Å². The van der Waals surface area contributed by atoms with Crippen molar-refractivity contribution in [2.75, 3.05) is 0 Å². The number of aliphatic hydroxyl groups excluding tert-OH is 1. The van der Waals surface area contributed by atoms with Crippen LogP contribution >= 0.6 is 23.2 Å². The summed E-state index contributed by atoms with van der Waals surface area (Å²) >= 11 is 11.7. The summed E-state index contributed by atoms with van der Waals surface area (Å²) < 4.78 is 5.47. The van der Waals surface area contributed by atoms with E-state index in [2.05, 4.69) is 0 Å². The molecule has 1 aromatic carbocycles. The molecule has 0 radical (unpaired) electrons. The van der Waals surface area contributed by atoms with E-state index in [-0.39, 0.29) is 33.7 Å². The Balaban J connectivity index is 2.20. The van der Waals surface area contributed by atoms with Crippen molar-refractivity contribution in [3.8, 4) is 5.75 Å². The van der Waals surface area contributed by atoms with Gasteiger partial charge in [0.25, 0.3) is 5.69 Å². The van der Waals surface area contributed by atoms with Crippen LogP contribution in [0.3, 0.4) is 0 Å². The zero-order valence-electron chi connectivity index (χ0n) is 8.60. The number of rotatable bonds is 3. The topological polar surface area (TPSA) is 72.6 Å². The van der Waals surface area contributed by atoms with Crippen LogP contribution in [-0.4, -0.2) is 22.2 Å². The lowest BCUT2D eigenvalue weighted by molar-refractivity contribution is -0.384. The molecule has 7 heteroatoms. The summed E-state index contributed by atoms with van der Waals surface area (Å²) in [7, 11) is 0. The molecule has 1 fully saturated rings. The first-order chi connectivity index (χ1) is 7.97. The second-order valence-electron chi connectivity index (χ2n) is 3.86. The quantitative estimate of drug-likeness (QED) is 0.681. The van der Waals surface area contributed by atoms with Crippen molar-refractivity contribution in [2.45, 2.75) is 25.0 Å². The number of benzene rings is 1. The highest BCUT2D eigenvalue weighted by molar-refractivity contribution is 6.37. The van der Waals surface area contributed by atoms with E-state index in [1.54, 1.807) is 0 Å². The predicted molar refractivity (Wildman–Crippen MR) is 62.8 cm³/mol. The first-order valence-electron chi connectivity index (χ1n) is 4.95. The number of nitro groups is 1. The zero-order valence-corrected chi connectivity index (χ0v) is 10.1. The Kier molecular flexibility index (Phi) is 3.42. The van der Waals surface area contributed by atoms with Gasteiger partial charge in [-0.3, -0.25) is 10.1 Å². The fourth-order valence-electron chi connectivity index (χ4n) is 1.57. The number of non-ortho nitro benzene ring substituents is 1. The van der Waals surface area contributed by atoms with Crippen molar-refractivity contribution >= 4 is 28.9 Å². The van der Waals surface area contributed by atoms with Crippen LogP contribution in [0.5, 0.6) is 5.75 Å². The maximum atomic E-state index is 10.6. The lowest BCUT2D eigenvalue weighted by Gasteiger charge is -2.32. The summed E-state index contributed by atoms with van der Waals surface area (Å²) in [5, 5.41) is 19.9. The molecule has 0 amide bonds. The Bertz CT molecular complexity index is 437. The average molecular weight is 278 g/mol. The van der Waals surface area contributed by atoms with Crippen LogP contribution in [-0.2, 0) is 0 Å². The first-order valence-corrected chi connectivity index (χ1v) is 5.71. The zero-order chi connectivity index (χ0) is 12.6. The van der Waals surface area contributed by atoms with Gasteiger partial charge < -0.3 is 9.84 Å². The minimum absolute atomic E-state index is 0.102. The molecular weight excluding hydrogens is 269 g/mol. The molecule has 1 aliphatic rings. The number of ether oxygens (including phenoxy) is 1. The molecule has 0 spiro atoms. The first kappa shape index (κ1) is 12.4.